The molecule has 1 heterocycles. The van der Waals surface area contributed by atoms with Gasteiger partial charge in [-0.3, -0.25) is 0 Å². The number of hydrogen-bond acceptors (Lipinski definition) is 4. The van der Waals surface area contributed by atoms with Crippen molar-refractivity contribution in [2.24, 2.45) is 0 Å². The summed E-state index contributed by atoms with van der Waals surface area (Å²) in [7, 11) is 0. The molecule has 1 aromatic rings. The summed E-state index contributed by atoms with van der Waals surface area (Å²) in [5.41, 5.74) is 0.634. The van der Waals surface area contributed by atoms with Gasteiger partial charge in [-0.1, -0.05) is 36.4 Å². The van der Waals surface area contributed by atoms with Gasteiger partial charge in [-0.15, -0.1) is 0 Å². The van der Waals surface area contributed by atoms with Crippen LogP contribution < -0.4 is 15.9 Å². The second-order valence-electron chi connectivity index (χ2n) is 4.64. The molecule has 0 aliphatic heterocycles. The predicted molar refractivity (Wildman–Crippen MR) is 92.7 cm³/mol. The predicted octanol–water partition coefficient (Wildman–Crippen LogP) is 1.64. The normalized spacial score (nSPS) is 15.9. The highest BCUT2D eigenvalue weighted by Crippen LogP contribution is 2.05. The summed E-state index contributed by atoms with van der Waals surface area (Å²) >= 11 is 6.09. The maximum atomic E-state index is 9.29. The van der Waals surface area contributed by atoms with E-state index < -0.39 is 6.10 Å². The summed E-state index contributed by atoms with van der Waals surface area (Å²) in [5.74, 6) is 0.589. The molecule has 4 nitrogen and oxygen atoms in total. The van der Waals surface area contributed by atoms with Gasteiger partial charge in [-0.05, 0) is 38.1 Å². The summed E-state index contributed by atoms with van der Waals surface area (Å²) < 4.78 is 0. The maximum Gasteiger partial charge on any atom is 0.131 e. The van der Waals surface area contributed by atoms with Gasteiger partial charge in [-0.2, -0.15) is 0 Å². The number of aromatic nitrogens is 1. The molecule has 0 saturated heterocycles. The van der Waals surface area contributed by atoms with Crippen molar-refractivity contribution in [2.75, 3.05) is 11.9 Å². The van der Waals surface area contributed by atoms with Gasteiger partial charge in [0.2, 0.25) is 0 Å². The van der Waals surface area contributed by atoms with Crippen LogP contribution in [0.15, 0.2) is 48.7 Å². The van der Waals surface area contributed by atoms with Gasteiger partial charge in [0.05, 0.1) is 18.1 Å². The lowest BCUT2D eigenvalue weighted by Gasteiger charge is -2.07. The average Bonchev–Trinajstić information content (AvgIpc) is 2.46. The first-order valence-electron chi connectivity index (χ1n) is 6.88. The Bertz CT molecular complexity index is 687. The largest absolute Gasteiger partial charge is 0.392 e. The highest BCUT2D eigenvalue weighted by molar-refractivity contribution is 6.44. The molecule has 5 heteroatoms. The van der Waals surface area contributed by atoms with Crippen molar-refractivity contribution in [1.82, 2.24) is 4.98 Å². The second-order valence-corrected chi connectivity index (χ2v) is 5.20. The van der Waals surface area contributed by atoms with Crippen molar-refractivity contribution in [2.45, 2.75) is 20.0 Å². The first kappa shape index (κ1) is 18.2. The first-order valence-corrected chi connectivity index (χ1v) is 7.26. The van der Waals surface area contributed by atoms with E-state index in [2.05, 4.69) is 16.9 Å². The van der Waals surface area contributed by atoms with Gasteiger partial charge in [0.25, 0.3) is 0 Å². The van der Waals surface area contributed by atoms with Crippen LogP contribution in [0.5, 0.6) is 0 Å². The summed E-state index contributed by atoms with van der Waals surface area (Å²) in [6, 6.07) is 3.69. The number of nitrogens with zero attached hydrogens (tertiary/aromatic N) is 1. The Balaban J connectivity index is 3.20. The van der Waals surface area contributed by atoms with Gasteiger partial charge < -0.3 is 15.5 Å². The van der Waals surface area contributed by atoms with Crippen molar-refractivity contribution < 1.29 is 10.2 Å². The van der Waals surface area contributed by atoms with Crippen molar-refractivity contribution >= 4 is 28.5 Å². The number of halogens is 1. The number of aliphatic hydroxyl groups is 2. The first-order chi connectivity index (χ1) is 10.5. The van der Waals surface area contributed by atoms with E-state index in [-0.39, 0.29) is 6.61 Å². The van der Waals surface area contributed by atoms with Gasteiger partial charge in [0.1, 0.15) is 5.82 Å². The number of aliphatic hydroxyl groups excluding tert-OH is 2. The average molecular weight is 321 g/mol. The van der Waals surface area contributed by atoms with E-state index >= 15 is 0 Å². The molecule has 1 rings (SSSR count). The van der Waals surface area contributed by atoms with Crippen LogP contribution in [0.1, 0.15) is 13.8 Å². The van der Waals surface area contributed by atoms with Crippen LogP contribution in [0.25, 0.3) is 11.1 Å². The van der Waals surface area contributed by atoms with Crippen molar-refractivity contribution in [1.29, 1.82) is 0 Å². The number of pyridine rings is 1. The smallest absolute Gasteiger partial charge is 0.131 e. The van der Waals surface area contributed by atoms with E-state index in [0.717, 1.165) is 5.22 Å². The fraction of sp³-hybridized carbons (Fsp3) is 0.235. The molecule has 0 fully saturated rings. The molecule has 1 aromatic heterocycles. The Labute approximate surface area is 135 Å². The van der Waals surface area contributed by atoms with Crippen LogP contribution >= 0.6 is 11.6 Å². The SMILES string of the molecule is C=C/C=c1/ccc(NC(/C=C\C(C)O)=C/CO)n/c1=C(/C)Cl. The second kappa shape index (κ2) is 9.20. The quantitative estimate of drug-likeness (QED) is 0.697. The van der Waals surface area contributed by atoms with E-state index in [4.69, 9.17) is 16.7 Å². The van der Waals surface area contributed by atoms with Crippen LogP contribution in [-0.4, -0.2) is 27.9 Å². The summed E-state index contributed by atoms with van der Waals surface area (Å²) in [5, 5.41) is 23.5. The number of nitrogens with one attached hydrogen (secondary N) is 1. The fourth-order valence-electron chi connectivity index (χ4n) is 1.73. The van der Waals surface area contributed by atoms with Gasteiger partial charge in [0.15, 0.2) is 0 Å². The lowest BCUT2D eigenvalue weighted by Crippen LogP contribution is -2.29. The Morgan fingerprint density at radius 3 is 2.77 bits per heavy atom. The molecular formula is C17H21ClN2O2. The van der Waals surface area contributed by atoms with Gasteiger partial charge in [0, 0.05) is 15.9 Å². The van der Waals surface area contributed by atoms with Crippen molar-refractivity contribution in [3.05, 3.63) is 59.3 Å². The number of anilines is 1. The lowest BCUT2D eigenvalue weighted by molar-refractivity contribution is 0.244. The Hall–Kier alpha value is -1.88. The zero-order chi connectivity index (χ0) is 16.5. The Morgan fingerprint density at radius 2 is 2.23 bits per heavy atom. The highest BCUT2D eigenvalue weighted by Gasteiger charge is 1.99. The monoisotopic (exact) mass is 320 g/mol. The lowest BCUT2D eigenvalue weighted by atomic mass is 10.2. The van der Waals surface area contributed by atoms with E-state index in [9.17, 15) is 5.11 Å². The summed E-state index contributed by atoms with van der Waals surface area (Å²) in [4.78, 5) is 4.46. The van der Waals surface area contributed by atoms with Gasteiger partial charge >= 0.3 is 0 Å². The van der Waals surface area contributed by atoms with E-state index in [0.29, 0.717) is 21.9 Å². The molecule has 3 N–H and O–H groups in total. The minimum atomic E-state index is -0.574. The van der Waals surface area contributed by atoms with Crippen LogP contribution in [-0.2, 0) is 0 Å². The standard InChI is InChI=1S/C17H21ClN2O2/c1-4-5-14-7-9-16(20-17(14)13(3)18)19-15(10-11-21)8-6-12(2)22/h4-10,12,21-22H,1,11H2,2-3H3,(H,19,20)/b8-6-,14-5-,15-10+,17-13-. The van der Waals surface area contributed by atoms with E-state index in [1.807, 2.05) is 12.1 Å². The third kappa shape index (κ3) is 5.85. The zero-order valence-electron chi connectivity index (χ0n) is 12.8. The fourth-order valence-corrected chi connectivity index (χ4v) is 1.88. The third-order valence-electron chi connectivity index (χ3n) is 2.69. The molecule has 0 aliphatic rings. The summed E-state index contributed by atoms with van der Waals surface area (Å²) in [6.07, 6.45) is 7.81. The van der Waals surface area contributed by atoms with Crippen LogP contribution in [0.2, 0.25) is 0 Å². The van der Waals surface area contributed by atoms with Crippen molar-refractivity contribution in [3.63, 3.8) is 0 Å². The van der Waals surface area contributed by atoms with Crippen LogP contribution in [0.3, 0.4) is 0 Å². The molecule has 1 unspecified atom stereocenters. The Kier molecular flexibility index (Phi) is 7.60. The van der Waals surface area contributed by atoms with Crippen LogP contribution in [0, 0.1) is 0 Å². The molecular weight excluding hydrogens is 300 g/mol. The number of allylic oxidation sites excluding steroid dienone is 2. The van der Waals surface area contributed by atoms with Gasteiger partial charge in [-0.25, -0.2) is 4.98 Å². The number of hydrogen-bond donors (Lipinski definition) is 3. The molecule has 0 aliphatic carbocycles. The molecule has 0 bridgehead atoms. The Morgan fingerprint density at radius 1 is 1.50 bits per heavy atom. The highest BCUT2D eigenvalue weighted by atomic mass is 35.5. The van der Waals surface area contributed by atoms with E-state index in [1.54, 1.807) is 44.2 Å². The minimum Gasteiger partial charge on any atom is -0.392 e. The van der Waals surface area contributed by atoms with Crippen molar-refractivity contribution in [3.8, 4) is 0 Å². The molecule has 0 saturated carbocycles. The zero-order valence-corrected chi connectivity index (χ0v) is 13.5. The minimum absolute atomic E-state index is 0.123. The molecule has 0 radical (unpaired) electrons. The molecule has 0 aromatic carbocycles. The van der Waals surface area contributed by atoms with E-state index in [1.165, 1.54) is 0 Å². The molecule has 0 spiro atoms. The molecule has 118 valence electrons. The maximum absolute atomic E-state index is 9.29. The summed E-state index contributed by atoms with van der Waals surface area (Å²) in [6.45, 7) is 6.97. The topological polar surface area (TPSA) is 65.4 Å². The number of rotatable bonds is 6. The third-order valence-corrected chi connectivity index (χ3v) is 2.87. The molecule has 0 amide bonds. The molecule has 22 heavy (non-hydrogen) atoms. The van der Waals surface area contributed by atoms with Crippen LogP contribution in [0.4, 0.5) is 5.82 Å². The molecule has 1 atom stereocenters.